The molecule has 2 rings (SSSR count). The number of rotatable bonds is 5. The summed E-state index contributed by atoms with van der Waals surface area (Å²) in [5.41, 5.74) is 2.51. The van der Waals surface area contributed by atoms with Crippen LogP contribution >= 0.6 is 0 Å². The summed E-state index contributed by atoms with van der Waals surface area (Å²) in [6.45, 7) is 7.75. The SMILES string of the molecule is Cc1ccc(C)c(C(=O)C2CCCN2S(=O)(=O)NC(C)C)c1. The zero-order valence-corrected chi connectivity index (χ0v) is 14.4. The van der Waals surface area contributed by atoms with Crippen LogP contribution in [-0.4, -0.2) is 37.1 Å². The molecule has 1 atom stereocenters. The number of ketones is 1. The first-order valence-corrected chi connectivity index (χ1v) is 9.07. The Labute approximate surface area is 132 Å². The quantitative estimate of drug-likeness (QED) is 0.844. The topological polar surface area (TPSA) is 66.5 Å². The van der Waals surface area contributed by atoms with Gasteiger partial charge in [0.15, 0.2) is 5.78 Å². The van der Waals surface area contributed by atoms with E-state index in [2.05, 4.69) is 4.72 Å². The Morgan fingerprint density at radius 1 is 1.32 bits per heavy atom. The molecular weight excluding hydrogens is 300 g/mol. The number of Topliss-reactive ketones (excluding diaryl/α,β-unsaturated/α-hetero) is 1. The summed E-state index contributed by atoms with van der Waals surface area (Å²) in [4.78, 5) is 12.8. The van der Waals surface area contributed by atoms with Gasteiger partial charge < -0.3 is 0 Å². The van der Waals surface area contributed by atoms with E-state index in [1.54, 1.807) is 13.8 Å². The van der Waals surface area contributed by atoms with Crippen molar-refractivity contribution in [1.82, 2.24) is 9.03 Å². The van der Waals surface area contributed by atoms with Gasteiger partial charge >= 0.3 is 0 Å². The molecule has 22 heavy (non-hydrogen) atoms. The Kier molecular flexibility index (Phi) is 5.04. The van der Waals surface area contributed by atoms with Gasteiger partial charge in [0.05, 0.1) is 6.04 Å². The molecular formula is C16H24N2O3S. The Morgan fingerprint density at radius 2 is 2.00 bits per heavy atom. The van der Waals surface area contributed by atoms with Crippen LogP contribution in [0.4, 0.5) is 0 Å². The maximum absolute atomic E-state index is 12.8. The van der Waals surface area contributed by atoms with Crippen LogP contribution < -0.4 is 4.72 Å². The third-order valence-corrected chi connectivity index (χ3v) is 5.68. The average Bonchev–Trinajstić information content (AvgIpc) is 2.89. The van der Waals surface area contributed by atoms with Crippen LogP contribution in [0.2, 0.25) is 0 Å². The van der Waals surface area contributed by atoms with E-state index in [1.165, 1.54) is 4.31 Å². The van der Waals surface area contributed by atoms with Crippen molar-refractivity contribution in [3.05, 3.63) is 34.9 Å². The summed E-state index contributed by atoms with van der Waals surface area (Å²) in [5.74, 6) is -0.104. The standard InChI is InChI=1S/C16H24N2O3S/c1-11(2)17-22(20,21)18-9-5-6-15(18)16(19)14-10-12(3)7-8-13(14)4/h7-8,10-11,15,17H,5-6,9H2,1-4H3. The number of hydrogen-bond acceptors (Lipinski definition) is 3. The fourth-order valence-electron chi connectivity index (χ4n) is 2.84. The maximum Gasteiger partial charge on any atom is 0.280 e. The summed E-state index contributed by atoms with van der Waals surface area (Å²) in [5, 5.41) is 0. The normalized spacial score (nSPS) is 19.8. The zero-order valence-electron chi connectivity index (χ0n) is 13.6. The van der Waals surface area contributed by atoms with Gasteiger partial charge in [-0.05, 0) is 52.2 Å². The molecule has 1 N–H and O–H groups in total. The highest BCUT2D eigenvalue weighted by molar-refractivity contribution is 7.87. The number of hydrogen-bond donors (Lipinski definition) is 1. The highest BCUT2D eigenvalue weighted by Crippen LogP contribution is 2.25. The first-order chi connectivity index (χ1) is 10.2. The summed E-state index contributed by atoms with van der Waals surface area (Å²) in [6, 6.07) is 4.91. The molecule has 0 aliphatic carbocycles. The van der Waals surface area contributed by atoms with Crippen LogP contribution in [0.3, 0.4) is 0 Å². The third kappa shape index (κ3) is 3.56. The maximum atomic E-state index is 12.8. The van der Waals surface area contributed by atoms with E-state index in [-0.39, 0.29) is 11.8 Å². The van der Waals surface area contributed by atoms with Crippen molar-refractivity contribution in [2.75, 3.05) is 6.54 Å². The molecule has 0 radical (unpaired) electrons. The fourth-order valence-corrected chi connectivity index (χ4v) is 4.47. The Morgan fingerprint density at radius 3 is 2.64 bits per heavy atom. The van der Waals surface area contributed by atoms with Crippen molar-refractivity contribution in [3.8, 4) is 0 Å². The fraction of sp³-hybridized carbons (Fsp3) is 0.562. The van der Waals surface area contributed by atoms with Gasteiger partial charge in [0, 0.05) is 18.2 Å². The van der Waals surface area contributed by atoms with Gasteiger partial charge in [-0.25, -0.2) is 0 Å². The van der Waals surface area contributed by atoms with Gasteiger partial charge in [-0.3, -0.25) is 4.79 Å². The largest absolute Gasteiger partial charge is 0.292 e. The molecule has 0 saturated carbocycles. The molecule has 5 nitrogen and oxygen atoms in total. The molecule has 122 valence electrons. The number of carbonyl (C=O) groups excluding carboxylic acids is 1. The van der Waals surface area contributed by atoms with Crippen LogP contribution in [0, 0.1) is 13.8 Å². The molecule has 0 amide bonds. The molecule has 1 aliphatic heterocycles. The number of nitrogens with zero attached hydrogens (tertiary/aromatic N) is 1. The van der Waals surface area contributed by atoms with E-state index in [1.807, 2.05) is 32.0 Å². The second-order valence-electron chi connectivity index (χ2n) is 6.23. The molecule has 1 aromatic rings. The lowest BCUT2D eigenvalue weighted by molar-refractivity contribution is 0.0916. The first kappa shape index (κ1) is 17.1. The minimum atomic E-state index is -3.62. The second kappa shape index (κ2) is 6.48. The van der Waals surface area contributed by atoms with E-state index in [4.69, 9.17) is 0 Å². The van der Waals surface area contributed by atoms with Crippen LogP contribution in [0.15, 0.2) is 18.2 Å². The molecule has 1 fully saturated rings. The minimum Gasteiger partial charge on any atom is -0.292 e. The summed E-state index contributed by atoms with van der Waals surface area (Å²) < 4.78 is 28.7. The van der Waals surface area contributed by atoms with Crippen molar-refractivity contribution < 1.29 is 13.2 Å². The highest BCUT2D eigenvalue weighted by atomic mass is 32.2. The second-order valence-corrected chi connectivity index (χ2v) is 7.88. The van der Waals surface area contributed by atoms with Gasteiger partial charge in [-0.1, -0.05) is 17.7 Å². The molecule has 1 aromatic carbocycles. The molecule has 0 bridgehead atoms. The summed E-state index contributed by atoms with van der Waals surface area (Å²) in [6.07, 6.45) is 1.28. The first-order valence-electron chi connectivity index (χ1n) is 7.63. The molecule has 6 heteroatoms. The molecule has 1 unspecified atom stereocenters. The van der Waals surface area contributed by atoms with Crippen molar-refractivity contribution >= 4 is 16.0 Å². The van der Waals surface area contributed by atoms with Crippen LogP contribution in [0.5, 0.6) is 0 Å². The number of benzene rings is 1. The zero-order chi connectivity index (χ0) is 16.5. The van der Waals surface area contributed by atoms with E-state index in [0.717, 1.165) is 11.1 Å². The van der Waals surface area contributed by atoms with Crippen molar-refractivity contribution in [2.45, 2.75) is 52.6 Å². The minimum absolute atomic E-state index is 0.104. The highest BCUT2D eigenvalue weighted by Gasteiger charge is 2.39. The third-order valence-electron chi connectivity index (χ3n) is 3.86. The van der Waals surface area contributed by atoms with Gasteiger partial charge in [0.1, 0.15) is 0 Å². The Balaban J connectivity index is 2.31. The van der Waals surface area contributed by atoms with E-state index in [9.17, 15) is 13.2 Å². The smallest absolute Gasteiger partial charge is 0.280 e. The number of carbonyl (C=O) groups is 1. The van der Waals surface area contributed by atoms with Crippen molar-refractivity contribution in [1.29, 1.82) is 0 Å². The van der Waals surface area contributed by atoms with Crippen LogP contribution in [-0.2, 0) is 10.2 Å². The predicted molar refractivity (Wildman–Crippen MR) is 87.2 cm³/mol. The summed E-state index contributed by atoms with van der Waals surface area (Å²) >= 11 is 0. The lowest BCUT2D eigenvalue weighted by Crippen LogP contribution is -2.48. The van der Waals surface area contributed by atoms with Gasteiger partial charge in [-0.2, -0.15) is 17.4 Å². The Bertz CT molecular complexity index is 668. The van der Waals surface area contributed by atoms with Crippen molar-refractivity contribution in [2.24, 2.45) is 0 Å². The van der Waals surface area contributed by atoms with Crippen LogP contribution in [0.1, 0.15) is 48.2 Å². The molecule has 1 heterocycles. The number of nitrogens with one attached hydrogen (secondary N) is 1. The van der Waals surface area contributed by atoms with E-state index in [0.29, 0.717) is 24.9 Å². The van der Waals surface area contributed by atoms with Crippen molar-refractivity contribution in [3.63, 3.8) is 0 Å². The number of aryl methyl sites for hydroxylation is 2. The van der Waals surface area contributed by atoms with E-state index < -0.39 is 16.3 Å². The van der Waals surface area contributed by atoms with Gasteiger partial charge in [-0.15, -0.1) is 0 Å². The molecule has 0 spiro atoms. The Hall–Kier alpha value is -1.24. The monoisotopic (exact) mass is 324 g/mol. The lowest BCUT2D eigenvalue weighted by Gasteiger charge is -2.25. The van der Waals surface area contributed by atoms with Gasteiger partial charge in [0.2, 0.25) is 0 Å². The predicted octanol–water partition coefficient (Wildman–Crippen LogP) is 2.19. The summed E-state index contributed by atoms with van der Waals surface area (Å²) in [7, 11) is -3.62. The van der Waals surface area contributed by atoms with Gasteiger partial charge in [0.25, 0.3) is 10.2 Å². The average molecular weight is 324 g/mol. The lowest BCUT2D eigenvalue weighted by atomic mass is 9.97. The van der Waals surface area contributed by atoms with E-state index >= 15 is 0 Å². The molecule has 0 aromatic heterocycles. The molecule has 1 saturated heterocycles. The molecule has 1 aliphatic rings. The van der Waals surface area contributed by atoms with Crippen LogP contribution in [0.25, 0.3) is 0 Å².